The topological polar surface area (TPSA) is 38.3 Å². The first-order valence-corrected chi connectivity index (χ1v) is 9.07. The van der Waals surface area contributed by atoms with Crippen molar-refractivity contribution in [3.8, 4) is 0 Å². The summed E-state index contributed by atoms with van der Waals surface area (Å²) in [7, 11) is 0. The molecule has 23 heavy (non-hydrogen) atoms. The Labute approximate surface area is 141 Å². The van der Waals surface area contributed by atoms with Crippen molar-refractivity contribution >= 4 is 17.5 Å². The van der Waals surface area contributed by atoms with Crippen LogP contribution in [0.15, 0.2) is 53.4 Å². The molecule has 120 valence electrons. The van der Waals surface area contributed by atoms with Crippen molar-refractivity contribution in [3.63, 3.8) is 0 Å². The van der Waals surface area contributed by atoms with Crippen LogP contribution in [-0.4, -0.2) is 31.7 Å². The molecule has 1 aliphatic heterocycles. The van der Waals surface area contributed by atoms with Gasteiger partial charge in [-0.2, -0.15) is 0 Å². The summed E-state index contributed by atoms with van der Waals surface area (Å²) >= 11 is 1.68. The van der Waals surface area contributed by atoms with E-state index in [4.69, 9.17) is 4.74 Å². The normalized spacial score (nSPS) is 17.9. The van der Waals surface area contributed by atoms with E-state index in [2.05, 4.69) is 17.4 Å². The fraction of sp³-hybridized carbons (Fsp3) is 0.316. The van der Waals surface area contributed by atoms with Gasteiger partial charge in [0.2, 0.25) is 0 Å². The second-order valence-electron chi connectivity index (χ2n) is 5.63. The van der Waals surface area contributed by atoms with Crippen LogP contribution in [0.2, 0.25) is 0 Å². The van der Waals surface area contributed by atoms with Gasteiger partial charge in [-0.3, -0.25) is 4.79 Å². The number of carbonyl (C=O) groups is 1. The number of Topliss-reactive ketones (excluding diaryl/α,β-unsaturated/α-hetero) is 1. The Morgan fingerprint density at radius 1 is 1.17 bits per heavy atom. The van der Waals surface area contributed by atoms with Gasteiger partial charge in [0.1, 0.15) is 0 Å². The number of morpholine rings is 1. The van der Waals surface area contributed by atoms with Crippen LogP contribution < -0.4 is 5.32 Å². The number of hydrogen-bond acceptors (Lipinski definition) is 4. The molecule has 0 amide bonds. The summed E-state index contributed by atoms with van der Waals surface area (Å²) in [5, 5.41) is 3.33. The first kappa shape index (κ1) is 16.2. The van der Waals surface area contributed by atoms with Crippen LogP contribution >= 0.6 is 11.8 Å². The summed E-state index contributed by atoms with van der Waals surface area (Å²) in [5.74, 6) is 0.154. The Bertz CT molecular complexity index is 646. The van der Waals surface area contributed by atoms with Crippen molar-refractivity contribution in [2.75, 3.05) is 26.0 Å². The van der Waals surface area contributed by atoms with E-state index in [1.165, 1.54) is 4.90 Å². The molecule has 2 aromatic carbocycles. The van der Waals surface area contributed by atoms with Gasteiger partial charge in [-0.05, 0) is 29.5 Å². The molecule has 1 atom stereocenters. The summed E-state index contributed by atoms with van der Waals surface area (Å²) in [5.41, 5.74) is 2.97. The van der Waals surface area contributed by atoms with Crippen LogP contribution in [-0.2, 0) is 11.2 Å². The zero-order chi connectivity index (χ0) is 16.1. The third-order valence-electron chi connectivity index (χ3n) is 4.06. The highest BCUT2D eigenvalue weighted by Crippen LogP contribution is 2.20. The molecule has 0 aliphatic carbocycles. The van der Waals surface area contributed by atoms with Crippen LogP contribution in [0, 0.1) is 0 Å². The van der Waals surface area contributed by atoms with Gasteiger partial charge in [-0.15, -0.1) is 11.8 Å². The second-order valence-corrected chi connectivity index (χ2v) is 6.51. The Balaban J connectivity index is 1.63. The van der Waals surface area contributed by atoms with Gasteiger partial charge in [-0.1, -0.05) is 36.4 Å². The van der Waals surface area contributed by atoms with Gasteiger partial charge in [-0.25, -0.2) is 0 Å². The van der Waals surface area contributed by atoms with Gasteiger partial charge in [0.15, 0.2) is 5.78 Å². The first-order chi connectivity index (χ1) is 11.3. The molecule has 0 radical (unpaired) electrons. The number of hydrogen-bond donors (Lipinski definition) is 1. The van der Waals surface area contributed by atoms with E-state index >= 15 is 0 Å². The SMILES string of the molecule is CSc1ccc(C(=O)Cc2ccc([C@@H]3CNCCO3)cc2)cc1. The smallest absolute Gasteiger partial charge is 0.167 e. The lowest BCUT2D eigenvalue weighted by Gasteiger charge is -2.24. The molecule has 4 heteroatoms. The van der Waals surface area contributed by atoms with Crippen LogP contribution in [0.5, 0.6) is 0 Å². The fourth-order valence-electron chi connectivity index (χ4n) is 2.69. The molecular formula is C19H21NO2S. The van der Waals surface area contributed by atoms with Gasteiger partial charge in [0, 0.05) is 30.0 Å². The van der Waals surface area contributed by atoms with Crippen molar-refractivity contribution in [2.45, 2.75) is 17.4 Å². The van der Waals surface area contributed by atoms with E-state index in [-0.39, 0.29) is 11.9 Å². The third-order valence-corrected chi connectivity index (χ3v) is 4.80. The van der Waals surface area contributed by atoms with Crippen molar-refractivity contribution in [1.29, 1.82) is 0 Å². The van der Waals surface area contributed by atoms with Crippen LogP contribution in [0.3, 0.4) is 0 Å². The highest BCUT2D eigenvalue weighted by molar-refractivity contribution is 7.98. The fourth-order valence-corrected chi connectivity index (χ4v) is 3.10. The Morgan fingerprint density at radius 3 is 2.52 bits per heavy atom. The average molecular weight is 327 g/mol. The second kappa shape index (κ2) is 7.77. The molecule has 1 N–H and O–H groups in total. The van der Waals surface area contributed by atoms with Gasteiger partial charge < -0.3 is 10.1 Å². The molecule has 1 heterocycles. The minimum Gasteiger partial charge on any atom is -0.371 e. The number of nitrogens with one attached hydrogen (secondary N) is 1. The first-order valence-electron chi connectivity index (χ1n) is 7.84. The number of carbonyl (C=O) groups excluding carboxylic acids is 1. The molecule has 1 saturated heterocycles. The molecule has 0 saturated carbocycles. The van der Waals surface area contributed by atoms with Gasteiger partial charge in [0.05, 0.1) is 12.7 Å². The molecule has 1 fully saturated rings. The van der Waals surface area contributed by atoms with E-state index in [0.717, 1.165) is 36.4 Å². The summed E-state index contributed by atoms with van der Waals surface area (Å²) in [6.45, 7) is 2.51. The lowest BCUT2D eigenvalue weighted by Crippen LogP contribution is -2.33. The quantitative estimate of drug-likeness (QED) is 0.674. The number of thioether (sulfide) groups is 1. The maximum atomic E-state index is 12.4. The Kier molecular flexibility index (Phi) is 5.49. The molecule has 0 bridgehead atoms. The van der Waals surface area contributed by atoms with Gasteiger partial charge in [0.25, 0.3) is 0 Å². The third kappa shape index (κ3) is 4.22. The highest BCUT2D eigenvalue weighted by atomic mass is 32.2. The molecule has 2 aromatic rings. The molecule has 1 aliphatic rings. The molecule has 3 rings (SSSR count). The van der Waals surface area contributed by atoms with Gasteiger partial charge >= 0.3 is 0 Å². The van der Waals surface area contributed by atoms with Crippen molar-refractivity contribution in [2.24, 2.45) is 0 Å². The highest BCUT2D eigenvalue weighted by Gasteiger charge is 2.15. The lowest BCUT2D eigenvalue weighted by atomic mass is 10.0. The summed E-state index contributed by atoms with van der Waals surface area (Å²) in [6.07, 6.45) is 2.58. The summed E-state index contributed by atoms with van der Waals surface area (Å²) < 4.78 is 5.74. The Morgan fingerprint density at radius 2 is 1.91 bits per heavy atom. The van der Waals surface area contributed by atoms with E-state index in [0.29, 0.717) is 6.42 Å². The Hall–Kier alpha value is -1.62. The van der Waals surface area contributed by atoms with Crippen molar-refractivity contribution < 1.29 is 9.53 Å². The molecule has 0 spiro atoms. The molecule has 3 nitrogen and oxygen atoms in total. The summed E-state index contributed by atoms with van der Waals surface area (Å²) in [6, 6.07) is 16.0. The van der Waals surface area contributed by atoms with E-state index in [1.54, 1.807) is 11.8 Å². The van der Waals surface area contributed by atoms with Crippen LogP contribution in [0.4, 0.5) is 0 Å². The van der Waals surface area contributed by atoms with E-state index in [1.807, 2.05) is 42.7 Å². The standard InChI is InChI=1S/C19H21NO2S/c1-23-17-8-6-15(7-9-17)18(21)12-14-2-4-16(5-3-14)19-13-20-10-11-22-19/h2-9,19-20H,10-13H2,1H3/t19-/m0/s1. The van der Waals surface area contributed by atoms with Crippen LogP contribution in [0.25, 0.3) is 0 Å². The van der Waals surface area contributed by atoms with E-state index in [9.17, 15) is 4.79 Å². The monoisotopic (exact) mass is 327 g/mol. The predicted octanol–water partition coefficient (Wildman–Crippen LogP) is 3.49. The number of ketones is 1. The minimum absolute atomic E-state index is 0.118. The molecule has 0 unspecified atom stereocenters. The number of ether oxygens (including phenoxy) is 1. The van der Waals surface area contributed by atoms with Crippen molar-refractivity contribution in [1.82, 2.24) is 5.32 Å². The minimum atomic E-state index is 0.118. The largest absolute Gasteiger partial charge is 0.371 e. The van der Waals surface area contributed by atoms with Crippen LogP contribution in [0.1, 0.15) is 27.6 Å². The average Bonchev–Trinajstić information content (AvgIpc) is 2.63. The number of benzene rings is 2. The maximum Gasteiger partial charge on any atom is 0.167 e. The predicted molar refractivity (Wildman–Crippen MR) is 94.3 cm³/mol. The zero-order valence-corrected chi connectivity index (χ0v) is 14.1. The number of rotatable bonds is 5. The molecule has 0 aromatic heterocycles. The molecular weight excluding hydrogens is 306 g/mol. The lowest BCUT2D eigenvalue weighted by molar-refractivity contribution is 0.0277. The van der Waals surface area contributed by atoms with Crippen molar-refractivity contribution in [3.05, 3.63) is 65.2 Å². The maximum absolute atomic E-state index is 12.4. The zero-order valence-electron chi connectivity index (χ0n) is 13.2. The summed E-state index contributed by atoms with van der Waals surface area (Å²) in [4.78, 5) is 13.5. The van der Waals surface area contributed by atoms with E-state index < -0.39 is 0 Å².